The summed E-state index contributed by atoms with van der Waals surface area (Å²) in [7, 11) is 0. The minimum Gasteiger partial charge on any atom is -0.453 e. The number of nitrogens with one attached hydrogen (secondary N) is 1. The fourth-order valence-corrected chi connectivity index (χ4v) is 4.40. The third-order valence-corrected chi connectivity index (χ3v) is 5.48. The molecule has 1 aromatic rings. The quantitative estimate of drug-likeness (QED) is 0.874. The largest absolute Gasteiger partial charge is 0.453 e. The van der Waals surface area contributed by atoms with E-state index in [0.29, 0.717) is 11.1 Å². The molecule has 0 radical (unpaired) electrons. The maximum atomic E-state index is 6.23. The Hall–Kier alpha value is -0.510. The highest BCUT2D eigenvalue weighted by Gasteiger charge is 2.41. The van der Waals surface area contributed by atoms with Gasteiger partial charge in [0.2, 0.25) is 0 Å². The summed E-state index contributed by atoms with van der Waals surface area (Å²) in [6.07, 6.45) is 10.4. The Bertz CT molecular complexity index is 448. The molecule has 1 aliphatic heterocycles. The van der Waals surface area contributed by atoms with Crippen molar-refractivity contribution in [3.8, 4) is 0 Å². The van der Waals surface area contributed by atoms with Crippen molar-refractivity contribution in [3.05, 3.63) is 23.1 Å². The van der Waals surface area contributed by atoms with Gasteiger partial charge >= 0.3 is 0 Å². The second-order valence-electron chi connectivity index (χ2n) is 6.53. The van der Waals surface area contributed by atoms with E-state index in [9.17, 15) is 0 Å². The van der Waals surface area contributed by atoms with Gasteiger partial charge in [0.05, 0.1) is 11.9 Å². The van der Waals surface area contributed by atoms with Crippen molar-refractivity contribution in [1.82, 2.24) is 5.32 Å². The zero-order valence-corrected chi connectivity index (χ0v) is 13.6. The van der Waals surface area contributed by atoms with E-state index in [2.05, 4.69) is 12.2 Å². The van der Waals surface area contributed by atoms with Crippen molar-refractivity contribution in [3.63, 3.8) is 0 Å². The van der Waals surface area contributed by atoms with Crippen LogP contribution in [-0.2, 0) is 4.74 Å². The van der Waals surface area contributed by atoms with Crippen LogP contribution in [-0.4, -0.2) is 18.8 Å². The van der Waals surface area contributed by atoms with Gasteiger partial charge in [-0.2, -0.15) is 0 Å². The Morgan fingerprint density at radius 2 is 2.19 bits per heavy atom. The molecule has 0 bridgehead atoms. The van der Waals surface area contributed by atoms with Crippen LogP contribution in [0.2, 0.25) is 5.22 Å². The van der Waals surface area contributed by atoms with E-state index < -0.39 is 0 Å². The Balaban J connectivity index is 1.77. The standard InChI is InChI=1S/C17H26ClNO2/c1-2-19-15(14-7-10-20-16(14)18)13-6-11-21-17(12-13)8-4-3-5-9-17/h7,10,13,15,19H,2-6,8-9,11-12H2,1H3. The maximum absolute atomic E-state index is 6.23. The molecule has 3 rings (SSSR count). The van der Waals surface area contributed by atoms with Gasteiger partial charge in [0.1, 0.15) is 0 Å². The van der Waals surface area contributed by atoms with Crippen LogP contribution in [0.5, 0.6) is 0 Å². The minimum absolute atomic E-state index is 0.130. The van der Waals surface area contributed by atoms with Gasteiger partial charge in [-0.3, -0.25) is 0 Å². The molecule has 21 heavy (non-hydrogen) atoms. The van der Waals surface area contributed by atoms with E-state index in [1.165, 1.54) is 32.1 Å². The highest BCUT2D eigenvalue weighted by molar-refractivity contribution is 6.29. The Morgan fingerprint density at radius 3 is 2.86 bits per heavy atom. The molecule has 0 amide bonds. The summed E-state index contributed by atoms with van der Waals surface area (Å²) in [6.45, 7) is 3.97. The van der Waals surface area contributed by atoms with Crippen LogP contribution < -0.4 is 5.32 Å². The van der Waals surface area contributed by atoms with Gasteiger partial charge < -0.3 is 14.5 Å². The molecule has 4 heteroatoms. The van der Waals surface area contributed by atoms with Gasteiger partial charge in [0.25, 0.3) is 0 Å². The number of rotatable bonds is 4. The number of halogens is 1. The lowest BCUT2D eigenvalue weighted by atomic mass is 9.73. The Kier molecular flexibility index (Phi) is 4.92. The van der Waals surface area contributed by atoms with Crippen LogP contribution in [0.3, 0.4) is 0 Å². The summed E-state index contributed by atoms with van der Waals surface area (Å²) < 4.78 is 11.5. The first kappa shape index (κ1) is 15.4. The third-order valence-electron chi connectivity index (χ3n) is 5.17. The summed E-state index contributed by atoms with van der Waals surface area (Å²) in [5, 5.41) is 4.15. The van der Waals surface area contributed by atoms with Gasteiger partial charge in [-0.25, -0.2) is 0 Å². The Morgan fingerprint density at radius 1 is 1.38 bits per heavy atom. The zero-order chi connectivity index (χ0) is 14.7. The lowest BCUT2D eigenvalue weighted by Gasteiger charge is -2.45. The smallest absolute Gasteiger partial charge is 0.197 e. The van der Waals surface area contributed by atoms with E-state index >= 15 is 0 Å². The van der Waals surface area contributed by atoms with Gasteiger partial charge in [-0.15, -0.1) is 0 Å². The van der Waals surface area contributed by atoms with E-state index in [-0.39, 0.29) is 11.6 Å². The first-order chi connectivity index (χ1) is 10.2. The normalized spacial score (nSPS) is 26.9. The molecule has 1 spiro atoms. The topological polar surface area (TPSA) is 34.4 Å². The van der Waals surface area contributed by atoms with Gasteiger partial charge in [0, 0.05) is 18.2 Å². The molecule has 1 saturated carbocycles. The third kappa shape index (κ3) is 3.30. The number of furan rings is 1. The highest BCUT2D eigenvalue weighted by atomic mass is 35.5. The first-order valence-electron chi connectivity index (χ1n) is 8.34. The molecule has 3 nitrogen and oxygen atoms in total. The molecule has 2 atom stereocenters. The molecule has 0 aromatic carbocycles. The number of ether oxygens (including phenoxy) is 1. The van der Waals surface area contributed by atoms with Crippen LogP contribution in [0.1, 0.15) is 63.5 Å². The SMILES string of the molecule is CCNC(c1ccoc1Cl)C1CCOC2(CCCCC2)C1. The molecule has 2 unspecified atom stereocenters. The summed E-state index contributed by atoms with van der Waals surface area (Å²) in [6, 6.07) is 2.29. The van der Waals surface area contributed by atoms with Gasteiger partial charge in [-0.1, -0.05) is 26.2 Å². The zero-order valence-electron chi connectivity index (χ0n) is 12.9. The molecule has 1 saturated heterocycles. The minimum atomic E-state index is 0.130. The lowest BCUT2D eigenvalue weighted by molar-refractivity contribution is -0.122. The average molecular weight is 312 g/mol. The molecular weight excluding hydrogens is 286 g/mol. The van der Waals surface area contributed by atoms with Crippen molar-refractivity contribution in [2.45, 2.75) is 63.5 Å². The van der Waals surface area contributed by atoms with Crippen LogP contribution in [0, 0.1) is 5.92 Å². The van der Waals surface area contributed by atoms with E-state index in [1.807, 2.05) is 6.07 Å². The van der Waals surface area contributed by atoms with Crippen LogP contribution in [0.4, 0.5) is 0 Å². The van der Waals surface area contributed by atoms with Crippen LogP contribution in [0.25, 0.3) is 0 Å². The van der Waals surface area contributed by atoms with Crippen LogP contribution >= 0.6 is 11.6 Å². The summed E-state index contributed by atoms with van der Waals surface area (Å²) in [5.74, 6) is 0.576. The van der Waals surface area contributed by atoms with Crippen molar-refractivity contribution >= 4 is 11.6 Å². The molecule has 2 fully saturated rings. The molecule has 1 aromatic heterocycles. The average Bonchev–Trinajstić information content (AvgIpc) is 2.91. The van der Waals surface area contributed by atoms with Gasteiger partial charge in [0.15, 0.2) is 5.22 Å². The predicted molar refractivity (Wildman–Crippen MR) is 84.6 cm³/mol. The van der Waals surface area contributed by atoms with Crippen molar-refractivity contribution in [2.24, 2.45) is 5.92 Å². The van der Waals surface area contributed by atoms with Crippen molar-refractivity contribution in [1.29, 1.82) is 0 Å². The number of hydrogen-bond donors (Lipinski definition) is 1. The van der Waals surface area contributed by atoms with E-state index in [4.69, 9.17) is 20.8 Å². The molecular formula is C17H26ClNO2. The van der Waals surface area contributed by atoms with Crippen molar-refractivity contribution in [2.75, 3.05) is 13.2 Å². The Labute approximate surface area is 132 Å². The predicted octanol–water partition coefficient (Wildman–Crippen LogP) is 4.71. The number of hydrogen-bond acceptors (Lipinski definition) is 3. The fraction of sp³-hybridized carbons (Fsp3) is 0.765. The molecule has 1 aliphatic carbocycles. The second kappa shape index (κ2) is 6.72. The van der Waals surface area contributed by atoms with Gasteiger partial charge in [-0.05, 0) is 55.8 Å². The van der Waals surface area contributed by atoms with Crippen molar-refractivity contribution < 1.29 is 9.15 Å². The molecule has 118 valence electrons. The van der Waals surface area contributed by atoms with E-state index in [0.717, 1.165) is 31.6 Å². The lowest BCUT2D eigenvalue weighted by Crippen LogP contribution is -2.44. The monoisotopic (exact) mass is 311 g/mol. The molecule has 2 heterocycles. The highest BCUT2D eigenvalue weighted by Crippen LogP contribution is 2.45. The molecule has 1 N–H and O–H groups in total. The van der Waals surface area contributed by atoms with Crippen LogP contribution in [0.15, 0.2) is 16.7 Å². The summed E-state index contributed by atoms with van der Waals surface area (Å²) in [5.41, 5.74) is 1.24. The first-order valence-corrected chi connectivity index (χ1v) is 8.72. The molecule has 2 aliphatic rings. The van der Waals surface area contributed by atoms with E-state index in [1.54, 1.807) is 6.26 Å². The summed E-state index contributed by atoms with van der Waals surface area (Å²) in [4.78, 5) is 0. The fourth-order valence-electron chi connectivity index (χ4n) is 4.17. The summed E-state index contributed by atoms with van der Waals surface area (Å²) >= 11 is 6.23. The maximum Gasteiger partial charge on any atom is 0.197 e. The second-order valence-corrected chi connectivity index (χ2v) is 6.87.